The van der Waals surface area contributed by atoms with E-state index < -0.39 is 58.4 Å². The lowest BCUT2D eigenvalue weighted by molar-refractivity contribution is -0.139. The Morgan fingerprint density at radius 1 is 0.434 bits per heavy atom. The second-order valence-corrected chi connectivity index (χ2v) is 47.2. The largest absolute Gasteiger partial charge is 0.390 e. The maximum Gasteiger partial charge on any atom is 0.224 e. The number of Topliss-reactive ketones (excluding diaryl/α,β-unsaturated/α-hetero) is 3. The van der Waals surface area contributed by atoms with Gasteiger partial charge in [0, 0.05) is 61.2 Å². The van der Waals surface area contributed by atoms with Gasteiger partial charge in [-0.3, -0.25) is 33.1 Å². The Kier molecular flexibility index (Phi) is 24.9. The maximum atomic E-state index is 15.3. The topological polar surface area (TPSA) is 242 Å². The summed E-state index contributed by atoms with van der Waals surface area (Å²) in [6.45, 7) is 22.8. The second-order valence-electron chi connectivity index (χ2n) is 45.2. The number of fused-ring (bicyclic) bond motifs is 20. The first kappa shape index (κ1) is 88.6. The van der Waals surface area contributed by atoms with E-state index in [1.54, 1.807) is 43.5 Å². The van der Waals surface area contributed by atoms with Crippen molar-refractivity contribution in [2.75, 3.05) is 26.3 Å². The number of carbonyl (C=O) groups is 3. The van der Waals surface area contributed by atoms with Gasteiger partial charge in [0.15, 0.2) is 27.2 Å². The van der Waals surface area contributed by atoms with Gasteiger partial charge in [0.2, 0.25) is 5.69 Å². The van der Waals surface area contributed by atoms with E-state index in [4.69, 9.17) is 6.57 Å². The number of alkyl halides is 4. The highest BCUT2D eigenvalue weighted by atomic mass is 32.2. The molecule has 0 radical (unpaired) electrons. The van der Waals surface area contributed by atoms with Gasteiger partial charge in [0.05, 0.1) is 67.5 Å². The zero-order valence-corrected chi connectivity index (χ0v) is 74.7. The summed E-state index contributed by atoms with van der Waals surface area (Å²) in [6, 6.07) is 3.74. The molecule has 0 saturated heterocycles. The zero-order chi connectivity index (χ0) is 86.0. The molecule has 18 nitrogen and oxygen atoms in total. The van der Waals surface area contributed by atoms with Gasteiger partial charge in [-0.15, -0.1) is 0 Å². The lowest BCUT2D eigenvalue weighted by Gasteiger charge is -2.57. The first-order valence-corrected chi connectivity index (χ1v) is 50.1. The monoisotopic (exact) mass is 1710 g/mol. The van der Waals surface area contributed by atoms with Crippen molar-refractivity contribution < 1.29 is 60.8 Å². The van der Waals surface area contributed by atoms with Crippen molar-refractivity contribution in [3.8, 4) is 0 Å². The maximum absolute atomic E-state index is 15.3. The van der Waals surface area contributed by atoms with Crippen LogP contribution < -0.4 is 0 Å². The molecule has 672 valence electrons. The molecular formula is C99H143F4N9O9S. The van der Waals surface area contributed by atoms with E-state index in [2.05, 4.69) is 59.5 Å². The van der Waals surface area contributed by atoms with Crippen LogP contribution in [0.1, 0.15) is 259 Å². The first-order chi connectivity index (χ1) is 58.1. The lowest BCUT2D eigenvalue weighted by atomic mass is 9.48. The Balaban J connectivity index is 0.000000116. The van der Waals surface area contributed by atoms with Crippen LogP contribution in [0.25, 0.3) is 4.85 Å². The highest BCUT2D eigenvalue weighted by Gasteiger charge is 2.65. The van der Waals surface area contributed by atoms with E-state index in [1.165, 1.54) is 82.0 Å². The highest BCUT2D eigenvalue weighted by Crippen LogP contribution is 2.71. The van der Waals surface area contributed by atoms with Gasteiger partial charge in [-0.25, -0.2) is 30.8 Å². The van der Waals surface area contributed by atoms with E-state index in [9.17, 15) is 56.4 Å². The van der Waals surface area contributed by atoms with Crippen LogP contribution in [0.4, 0.5) is 23.2 Å². The van der Waals surface area contributed by atoms with Gasteiger partial charge < -0.3 is 20.4 Å². The van der Waals surface area contributed by atoms with Crippen molar-refractivity contribution in [3.63, 3.8) is 0 Å². The first-order valence-electron chi connectivity index (χ1n) is 48.2. The molecule has 4 heterocycles. The average molecular weight is 1710 g/mol. The number of sulfone groups is 1. The Morgan fingerprint density at radius 2 is 0.795 bits per heavy atom. The molecule has 16 fully saturated rings. The third-order valence-corrected chi connectivity index (χ3v) is 40.3. The second kappa shape index (κ2) is 34.2. The normalized spacial score (nSPS) is 45.6. The molecule has 4 N–H and O–H groups in total. The number of rotatable bonds is 16. The zero-order valence-electron chi connectivity index (χ0n) is 73.9. The van der Waals surface area contributed by atoms with Crippen molar-refractivity contribution in [3.05, 3.63) is 85.3 Å². The Bertz CT molecular complexity index is 4550. The van der Waals surface area contributed by atoms with Crippen LogP contribution in [-0.4, -0.2) is 140 Å². The molecule has 0 bridgehead atoms. The molecule has 0 spiro atoms. The Hall–Kier alpha value is -5.41. The molecule has 23 heteroatoms. The summed E-state index contributed by atoms with van der Waals surface area (Å²) >= 11 is 0. The van der Waals surface area contributed by atoms with Gasteiger partial charge in [-0.2, -0.15) is 20.4 Å². The number of hydrogen-bond acceptors (Lipinski definition) is 13. The van der Waals surface area contributed by atoms with Crippen molar-refractivity contribution in [1.29, 1.82) is 0 Å². The summed E-state index contributed by atoms with van der Waals surface area (Å²) in [5, 5.41) is 59.0. The average Bonchev–Trinajstić information content (AvgIpc) is 1.53. The fraction of sp³-hybridized carbons (Fsp3) is 0.818. The van der Waals surface area contributed by atoms with Gasteiger partial charge in [0.1, 0.15) is 31.1 Å². The SMILES string of the molecule is C=C(Cn1cc(S(C)(=O)=O)cn1)C1CC[C@H]2[C@@H]3CC[C@@H]4C[C@@](O)(CF)CC[C@@H]4[C@H]3CC[C@]12C.C[C@@]1(O)CC[C@@H]2[C@H]3CC[C@]4(C)[C@@H](C(=O)Cn5cccn5)CC[C@H]4[C@@H]3C[C@@H](F)[C@@H]2C1.C[C@]12CC[C@H]3[C@@H](CC[C@@H]4C[C@@](O)(CF)CC[C@@H]43)[C@@H]1CC[C@@H]2C(=O)Cn1cccn1.[C-]#[N+]c1cnn(CC(=O)[C@H]2CC[C@H]3[C@@H]4CC[C@@H]5C[C@@](O)(CF)CC[C@@H]5[C@H]4CC[C@]23C)c1. The Morgan fingerprint density at radius 3 is 1.18 bits per heavy atom. The number of hydrogen-bond donors (Lipinski definition) is 4. The van der Waals surface area contributed by atoms with Gasteiger partial charge in [-0.1, -0.05) is 39.8 Å². The minimum atomic E-state index is -3.25. The number of halogens is 4. The molecule has 4 aromatic rings. The van der Waals surface area contributed by atoms with Crippen LogP contribution in [0.5, 0.6) is 0 Å². The minimum Gasteiger partial charge on any atom is -0.390 e. The molecule has 1 unspecified atom stereocenters. The van der Waals surface area contributed by atoms with Crippen LogP contribution >= 0.6 is 0 Å². The molecular weight excluding hydrogens is 1570 g/mol. The number of aromatic nitrogens is 8. The van der Waals surface area contributed by atoms with Crippen molar-refractivity contribution in [1.82, 2.24) is 39.1 Å². The van der Waals surface area contributed by atoms with Crippen molar-refractivity contribution in [2.24, 2.45) is 164 Å². The third kappa shape index (κ3) is 16.6. The third-order valence-electron chi connectivity index (χ3n) is 39.2. The number of nitrogens with zero attached hydrogens (tertiary/aromatic N) is 9. The quantitative estimate of drug-likeness (QED) is 0.0464. The molecule has 16 saturated carbocycles. The molecule has 16 aliphatic rings. The molecule has 4 aromatic heterocycles. The molecule has 33 atom stereocenters. The van der Waals surface area contributed by atoms with E-state index in [0.717, 1.165) is 133 Å². The van der Waals surface area contributed by atoms with Crippen molar-refractivity contribution in [2.45, 2.75) is 319 Å². The van der Waals surface area contributed by atoms with Crippen molar-refractivity contribution >= 4 is 32.9 Å². The molecule has 16 aliphatic carbocycles. The van der Waals surface area contributed by atoms with Gasteiger partial charge in [0.25, 0.3) is 0 Å². The number of ketones is 3. The summed E-state index contributed by atoms with van der Waals surface area (Å²) < 4.78 is 85.9. The summed E-state index contributed by atoms with van der Waals surface area (Å²) in [7, 11) is -3.25. The fourth-order valence-electron chi connectivity index (χ4n) is 33.5. The van der Waals surface area contributed by atoms with Crippen LogP contribution in [0.2, 0.25) is 0 Å². The summed E-state index contributed by atoms with van der Waals surface area (Å²) in [5.74, 6) is 13.2. The Labute approximate surface area is 723 Å². The standard InChI is InChI=1S/C26H39FN2O3S.C25H34FN3O2.2C24H35FN2O2/c1-17(14-29-15-19(13-28-29)33(3,31)32)23-6-7-24-22-5-4-18-12-26(30,16-27)11-9-20(18)21(22)8-10-25(23,24)2;1-24-9-7-19-18-8-10-25(31,15-26)11-16(18)3-4-20(19)21(24)5-6-22(24)23(30)14-29-13-17(27-2)12-28-29;1-23(29)8-6-16-15-7-9-24(2)19(17(15)12-21(25)18(16)13-23)4-5-20(24)22(28)14-27-11-3-10-26-27;1-23-9-7-18-17-8-10-24(29,15-25)13-16(17)3-4-19(18)20(23)5-6-21(23)22(28)14-27-12-2-11-26-27/h13,15,18,20-24,30H,1,4-12,14,16H2,2-3H3;12-13,16,18-22,31H,3-11,14-15H2,1H3;3,10-11,15-21,29H,4-9,12-14H2,1-2H3;2,11-12,16-21,29H,3-10,13-15H2,1H3/t18-,20+,21-,22-,23?,24+,25-,26-;16-,18+,19-,20-,21+,22-,24+,25-;15-,16-,17-,18-,19+,20-,21-,23-,24+;16-,17+,18-,19-,20+,21-,23+,24-/m1111/s1. The van der Waals surface area contributed by atoms with E-state index >= 15 is 4.39 Å². The predicted octanol–water partition coefficient (Wildman–Crippen LogP) is 18.6. The van der Waals surface area contributed by atoms with Gasteiger partial charge in [-0.05, 0) is 390 Å². The van der Waals surface area contributed by atoms with E-state index in [0.29, 0.717) is 189 Å². The molecule has 0 aromatic carbocycles. The van der Waals surface area contributed by atoms with E-state index in [-0.39, 0.29) is 62.6 Å². The predicted molar refractivity (Wildman–Crippen MR) is 459 cm³/mol. The molecule has 122 heavy (non-hydrogen) atoms. The smallest absolute Gasteiger partial charge is 0.224 e. The van der Waals surface area contributed by atoms with Crippen LogP contribution in [0.3, 0.4) is 0 Å². The number of allylic oxidation sites excluding steroid dienone is 1. The lowest BCUT2D eigenvalue weighted by Crippen LogP contribution is -2.54. The number of aliphatic hydroxyl groups is 4. The molecule has 0 amide bonds. The number of carbonyl (C=O) groups excluding carboxylic acids is 3. The van der Waals surface area contributed by atoms with Crippen LogP contribution in [0.15, 0.2) is 78.8 Å². The van der Waals surface area contributed by atoms with Gasteiger partial charge >= 0.3 is 0 Å². The summed E-state index contributed by atoms with van der Waals surface area (Å²) in [6.07, 6.45) is 48.5. The minimum absolute atomic E-state index is 0.0120. The molecule has 20 rings (SSSR count). The fourth-order valence-corrected chi connectivity index (χ4v) is 34.1. The van der Waals surface area contributed by atoms with Crippen LogP contribution in [0, 0.1) is 170 Å². The van der Waals surface area contributed by atoms with Crippen LogP contribution in [-0.2, 0) is 50.4 Å². The summed E-state index contributed by atoms with van der Waals surface area (Å²) in [4.78, 5) is 43.2. The molecule has 0 aliphatic heterocycles. The summed E-state index contributed by atoms with van der Waals surface area (Å²) in [5.41, 5.74) is -1.81. The highest BCUT2D eigenvalue weighted by molar-refractivity contribution is 7.90. The van der Waals surface area contributed by atoms with E-state index in [1.807, 2.05) is 31.5 Å².